The molecule has 0 bridgehead atoms. The van der Waals surface area contributed by atoms with E-state index in [0.29, 0.717) is 6.54 Å². The summed E-state index contributed by atoms with van der Waals surface area (Å²) in [6, 6.07) is 12.5. The number of hydrogen-bond acceptors (Lipinski definition) is 4. The highest BCUT2D eigenvalue weighted by Crippen LogP contribution is 2.28. The zero-order valence-electron chi connectivity index (χ0n) is 11.4. The van der Waals surface area contributed by atoms with Gasteiger partial charge in [-0.15, -0.1) is 11.3 Å². The van der Waals surface area contributed by atoms with Crippen molar-refractivity contribution in [3.63, 3.8) is 0 Å². The summed E-state index contributed by atoms with van der Waals surface area (Å²) in [5.41, 5.74) is 8.25. The first-order valence-corrected chi connectivity index (χ1v) is 7.48. The number of rotatable bonds is 4. The maximum absolute atomic E-state index is 5.81. The molecule has 3 aromatic rings. The maximum Gasteiger partial charge on any atom is 0.137 e. The van der Waals surface area contributed by atoms with Crippen LogP contribution in [0.1, 0.15) is 11.1 Å². The first-order chi connectivity index (χ1) is 9.79. The van der Waals surface area contributed by atoms with E-state index in [1.54, 1.807) is 11.3 Å². The van der Waals surface area contributed by atoms with E-state index in [4.69, 9.17) is 5.73 Å². The summed E-state index contributed by atoms with van der Waals surface area (Å²) in [5.74, 6) is 1.02. The Hall–Kier alpha value is -1.91. The average molecular weight is 283 g/mol. The highest BCUT2D eigenvalue weighted by Gasteiger charge is 2.10. The Labute approximate surface area is 122 Å². The molecule has 0 spiro atoms. The Morgan fingerprint density at radius 2 is 1.95 bits per heavy atom. The molecule has 0 fully saturated rings. The molecule has 0 atom stereocenters. The monoisotopic (exact) mass is 283 g/mol. The number of nitrogens with two attached hydrogens (primary N) is 1. The maximum atomic E-state index is 5.81. The van der Waals surface area contributed by atoms with Crippen molar-refractivity contribution >= 4 is 27.2 Å². The van der Waals surface area contributed by atoms with Crippen LogP contribution in [0.5, 0.6) is 0 Å². The number of anilines is 1. The quantitative estimate of drug-likeness (QED) is 0.798. The van der Waals surface area contributed by atoms with E-state index in [0.717, 1.165) is 12.4 Å². The lowest BCUT2D eigenvalue weighted by atomic mass is 10.1. The van der Waals surface area contributed by atoms with Gasteiger partial charge in [-0.25, -0.2) is 4.98 Å². The molecule has 2 aromatic heterocycles. The summed E-state index contributed by atoms with van der Waals surface area (Å²) in [6.45, 7) is 1.38. The topological polar surface area (TPSA) is 42.1 Å². The summed E-state index contributed by atoms with van der Waals surface area (Å²) in [6.07, 6.45) is 1.87. The van der Waals surface area contributed by atoms with Crippen molar-refractivity contribution in [1.82, 2.24) is 4.98 Å². The van der Waals surface area contributed by atoms with Gasteiger partial charge in [0.15, 0.2) is 0 Å². The van der Waals surface area contributed by atoms with Gasteiger partial charge in [-0.2, -0.15) is 0 Å². The number of nitrogens with zero attached hydrogens (tertiary/aromatic N) is 2. The smallest absolute Gasteiger partial charge is 0.137 e. The number of thiophene rings is 1. The fraction of sp³-hybridized carbons (Fsp3) is 0.188. The minimum absolute atomic E-state index is 0.570. The lowest BCUT2D eigenvalue weighted by Crippen LogP contribution is -2.19. The molecule has 1 aromatic carbocycles. The van der Waals surface area contributed by atoms with Gasteiger partial charge < -0.3 is 10.6 Å². The van der Waals surface area contributed by atoms with Crippen LogP contribution in [0.15, 0.2) is 48.0 Å². The molecule has 0 saturated heterocycles. The summed E-state index contributed by atoms with van der Waals surface area (Å²) < 4.78 is 1.27. The van der Waals surface area contributed by atoms with Gasteiger partial charge in [0.2, 0.25) is 0 Å². The lowest BCUT2D eigenvalue weighted by molar-refractivity contribution is 0.881. The van der Waals surface area contributed by atoms with Gasteiger partial charge in [-0.3, -0.25) is 0 Å². The van der Waals surface area contributed by atoms with Crippen molar-refractivity contribution in [1.29, 1.82) is 0 Å². The number of benzene rings is 1. The molecule has 3 rings (SSSR count). The number of fused-ring (bicyclic) bond motifs is 1. The number of aromatic nitrogens is 1. The third kappa shape index (κ3) is 2.40. The molecule has 20 heavy (non-hydrogen) atoms. The fourth-order valence-corrected chi connectivity index (χ4v) is 3.20. The van der Waals surface area contributed by atoms with Crippen LogP contribution in [-0.4, -0.2) is 12.0 Å². The van der Waals surface area contributed by atoms with E-state index in [1.165, 1.54) is 21.2 Å². The third-order valence-corrected chi connectivity index (χ3v) is 4.35. The molecular weight excluding hydrogens is 266 g/mol. The highest BCUT2D eigenvalue weighted by molar-refractivity contribution is 7.17. The van der Waals surface area contributed by atoms with Crippen molar-refractivity contribution in [2.24, 2.45) is 5.73 Å². The van der Waals surface area contributed by atoms with Crippen LogP contribution in [0.2, 0.25) is 0 Å². The number of pyridine rings is 1. The molecule has 0 aliphatic carbocycles. The van der Waals surface area contributed by atoms with Crippen LogP contribution >= 0.6 is 11.3 Å². The van der Waals surface area contributed by atoms with Crippen molar-refractivity contribution in [2.75, 3.05) is 11.9 Å². The Morgan fingerprint density at radius 1 is 1.15 bits per heavy atom. The van der Waals surface area contributed by atoms with E-state index in [9.17, 15) is 0 Å². The predicted molar refractivity (Wildman–Crippen MR) is 86.1 cm³/mol. The largest absolute Gasteiger partial charge is 0.355 e. The zero-order valence-corrected chi connectivity index (χ0v) is 12.2. The normalized spacial score (nSPS) is 10.9. The second kappa shape index (κ2) is 5.61. The molecule has 0 aliphatic rings. The van der Waals surface area contributed by atoms with Gasteiger partial charge in [0.1, 0.15) is 5.82 Å². The summed E-state index contributed by atoms with van der Waals surface area (Å²) in [7, 11) is 2.08. The van der Waals surface area contributed by atoms with E-state index < -0.39 is 0 Å². The fourth-order valence-electron chi connectivity index (χ4n) is 2.43. The molecule has 0 unspecified atom stereocenters. The van der Waals surface area contributed by atoms with Crippen LogP contribution in [-0.2, 0) is 13.1 Å². The van der Waals surface area contributed by atoms with Crippen LogP contribution in [0.3, 0.4) is 0 Å². The minimum atomic E-state index is 0.570. The van der Waals surface area contributed by atoms with Crippen LogP contribution in [0, 0.1) is 0 Å². The molecule has 2 N–H and O–H groups in total. The molecule has 3 nitrogen and oxygen atoms in total. The molecule has 2 heterocycles. The Kier molecular flexibility index (Phi) is 3.67. The van der Waals surface area contributed by atoms with Crippen molar-refractivity contribution in [2.45, 2.75) is 13.1 Å². The standard InChI is InChI=1S/C16H17N3S/c1-19(11-13-5-3-2-4-12(13)10-17)16-14-7-9-20-15(14)6-8-18-16/h2-9H,10-11,17H2,1H3. The Balaban J connectivity index is 1.93. The second-order valence-corrected chi connectivity index (χ2v) is 5.74. The molecule has 102 valence electrons. The second-order valence-electron chi connectivity index (χ2n) is 4.80. The van der Waals surface area contributed by atoms with Crippen molar-refractivity contribution in [3.8, 4) is 0 Å². The van der Waals surface area contributed by atoms with Crippen LogP contribution in [0.4, 0.5) is 5.82 Å². The van der Waals surface area contributed by atoms with Gasteiger partial charge in [0.05, 0.1) is 0 Å². The molecule has 0 aliphatic heterocycles. The van der Waals surface area contributed by atoms with Gasteiger partial charge in [0.25, 0.3) is 0 Å². The molecule has 0 amide bonds. The van der Waals surface area contributed by atoms with Crippen molar-refractivity contribution in [3.05, 3.63) is 59.1 Å². The van der Waals surface area contributed by atoms with Crippen molar-refractivity contribution < 1.29 is 0 Å². The van der Waals surface area contributed by atoms with Gasteiger partial charge in [0, 0.05) is 36.4 Å². The summed E-state index contributed by atoms with van der Waals surface area (Å²) >= 11 is 1.75. The summed E-state index contributed by atoms with van der Waals surface area (Å²) in [4.78, 5) is 6.72. The predicted octanol–water partition coefficient (Wildman–Crippen LogP) is 3.39. The molecule has 0 radical (unpaired) electrons. The van der Waals surface area contributed by atoms with Crippen LogP contribution < -0.4 is 10.6 Å². The Morgan fingerprint density at radius 3 is 2.75 bits per heavy atom. The lowest BCUT2D eigenvalue weighted by Gasteiger charge is -2.20. The molecular formula is C16H17N3S. The van der Waals surface area contributed by atoms with E-state index in [2.05, 4.69) is 52.6 Å². The van der Waals surface area contributed by atoms with Gasteiger partial charge in [-0.05, 0) is 28.6 Å². The van der Waals surface area contributed by atoms with Gasteiger partial charge >= 0.3 is 0 Å². The Bertz CT molecular complexity index is 720. The zero-order chi connectivity index (χ0) is 13.9. The first kappa shape index (κ1) is 13.1. The van der Waals surface area contributed by atoms with E-state index >= 15 is 0 Å². The highest BCUT2D eigenvalue weighted by atomic mass is 32.1. The van der Waals surface area contributed by atoms with Gasteiger partial charge in [-0.1, -0.05) is 24.3 Å². The molecule has 4 heteroatoms. The summed E-state index contributed by atoms with van der Waals surface area (Å²) in [5, 5.41) is 3.32. The average Bonchev–Trinajstić information content (AvgIpc) is 2.96. The number of hydrogen-bond donors (Lipinski definition) is 1. The third-order valence-electron chi connectivity index (χ3n) is 3.47. The van der Waals surface area contributed by atoms with E-state index in [1.807, 2.05) is 12.3 Å². The van der Waals surface area contributed by atoms with E-state index in [-0.39, 0.29) is 0 Å². The first-order valence-electron chi connectivity index (χ1n) is 6.60. The van der Waals surface area contributed by atoms with Crippen LogP contribution in [0.25, 0.3) is 10.1 Å². The SMILES string of the molecule is CN(Cc1ccccc1CN)c1nccc2sccc12. The molecule has 0 saturated carbocycles. The minimum Gasteiger partial charge on any atom is -0.355 e.